The Kier molecular flexibility index (Phi) is 5.85. The zero-order chi connectivity index (χ0) is 22.9. The molecule has 33 heavy (non-hydrogen) atoms. The SMILES string of the molecule is COc1cc(C=C2OC[C@H]3CCC[C@@H](c4ccc(Cl)cc4)N3C2=O)ccc1-n1cnc(C)c1. The van der Waals surface area contributed by atoms with E-state index in [1.165, 1.54) is 0 Å². The van der Waals surface area contributed by atoms with E-state index in [4.69, 9.17) is 21.1 Å². The summed E-state index contributed by atoms with van der Waals surface area (Å²) in [6.45, 7) is 2.45. The highest BCUT2D eigenvalue weighted by Crippen LogP contribution is 2.39. The number of aryl methyl sites for hydroxylation is 1. The average molecular weight is 464 g/mol. The van der Waals surface area contributed by atoms with E-state index in [9.17, 15) is 4.79 Å². The van der Waals surface area contributed by atoms with Crippen LogP contribution in [0.1, 0.15) is 42.1 Å². The molecule has 2 aliphatic rings. The summed E-state index contributed by atoms with van der Waals surface area (Å²) in [5.74, 6) is 0.986. The first kappa shape index (κ1) is 21.6. The van der Waals surface area contributed by atoms with E-state index in [2.05, 4.69) is 4.98 Å². The number of nitrogens with zero attached hydrogens (tertiary/aromatic N) is 3. The van der Waals surface area contributed by atoms with Gasteiger partial charge in [-0.15, -0.1) is 0 Å². The Hall–Kier alpha value is -3.25. The predicted molar refractivity (Wildman–Crippen MR) is 127 cm³/mol. The third kappa shape index (κ3) is 4.23. The van der Waals surface area contributed by atoms with Gasteiger partial charge in [0.05, 0.1) is 36.9 Å². The number of piperidine rings is 1. The van der Waals surface area contributed by atoms with E-state index < -0.39 is 0 Å². The summed E-state index contributed by atoms with van der Waals surface area (Å²) in [6, 6.07) is 13.7. The van der Waals surface area contributed by atoms with Crippen LogP contribution in [-0.4, -0.2) is 40.1 Å². The molecular weight excluding hydrogens is 438 g/mol. The summed E-state index contributed by atoms with van der Waals surface area (Å²) in [6.07, 6.45) is 8.46. The van der Waals surface area contributed by atoms with Crippen molar-refractivity contribution in [2.45, 2.75) is 38.3 Å². The molecule has 5 rings (SSSR count). The van der Waals surface area contributed by atoms with Crippen molar-refractivity contribution in [1.29, 1.82) is 0 Å². The second kappa shape index (κ2) is 8.94. The van der Waals surface area contributed by atoms with Gasteiger partial charge in [0.1, 0.15) is 12.4 Å². The summed E-state index contributed by atoms with van der Waals surface area (Å²) >= 11 is 6.08. The second-order valence-corrected chi connectivity index (χ2v) is 8.97. The topological polar surface area (TPSA) is 56.6 Å². The van der Waals surface area contributed by atoms with Gasteiger partial charge in [0.2, 0.25) is 0 Å². The zero-order valence-electron chi connectivity index (χ0n) is 18.7. The van der Waals surface area contributed by atoms with Crippen molar-refractivity contribution in [3.63, 3.8) is 0 Å². The number of aromatic nitrogens is 2. The zero-order valence-corrected chi connectivity index (χ0v) is 19.5. The van der Waals surface area contributed by atoms with Gasteiger partial charge in [-0.05, 0) is 67.7 Å². The van der Waals surface area contributed by atoms with Gasteiger partial charge >= 0.3 is 0 Å². The number of fused-ring (bicyclic) bond motifs is 1. The molecule has 2 atom stereocenters. The number of halogens is 1. The van der Waals surface area contributed by atoms with Crippen molar-refractivity contribution in [2.24, 2.45) is 0 Å². The number of imidazole rings is 1. The first-order valence-electron chi connectivity index (χ1n) is 11.1. The Bertz CT molecular complexity index is 1200. The van der Waals surface area contributed by atoms with Gasteiger partial charge in [-0.2, -0.15) is 0 Å². The van der Waals surface area contributed by atoms with Gasteiger partial charge in [0.15, 0.2) is 5.76 Å². The lowest BCUT2D eigenvalue weighted by molar-refractivity contribution is -0.146. The summed E-state index contributed by atoms with van der Waals surface area (Å²) in [4.78, 5) is 19.8. The number of morpholine rings is 1. The third-order valence-corrected chi connectivity index (χ3v) is 6.62. The van der Waals surface area contributed by atoms with E-state index in [-0.39, 0.29) is 18.0 Å². The average Bonchev–Trinajstić information content (AvgIpc) is 3.27. The van der Waals surface area contributed by atoms with Crippen molar-refractivity contribution in [1.82, 2.24) is 14.5 Å². The highest BCUT2D eigenvalue weighted by molar-refractivity contribution is 6.30. The summed E-state index contributed by atoms with van der Waals surface area (Å²) < 4.78 is 13.5. The van der Waals surface area contributed by atoms with Gasteiger partial charge in [-0.3, -0.25) is 4.79 Å². The van der Waals surface area contributed by atoms with Crippen LogP contribution in [-0.2, 0) is 9.53 Å². The van der Waals surface area contributed by atoms with E-state index in [0.717, 1.165) is 41.8 Å². The molecule has 2 aromatic carbocycles. The maximum Gasteiger partial charge on any atom is 0.289 e. The van der Waals surface area contributed by atoms with Crippen LogP contribution >= 0.6 is 11.6 Å². The van der Waals surface area contributed by atoms with Gasteiger partial charge in [0.25, 0.3) is 5.91 Å². The fraction of sp³-hybridized carbons (Fsp3) is 0.308. The number of rotatable bonds is 4. The normalized spacial score (nSPS) is 21.6. The second-order valence-electron chi connectivity index (χ2n) is 8.54. The molecule has 2 aliphatic heterocycles. The highest BCUT2D eigenvalue weighted by Gasteiger charge is 2.40. The summed E-state index contributed by atoms with van der Waals surface area (Å²) in [7, 11) is 1.64. The lowest BCUT2D eigenvalue weighted by Crippen LogP contribution is -2.52. The van der Waals surface area contributed by atoms with Crippen LogP contribution in [0, 0.1) is 6.92 Å². The number of hydrogen-bond donors (Lipinski definition) is 0. The van der Waals surface area contributed by atoms with Gasteiger partial charge in [-0.25, -0.2) is 4.98 Å². The quantitative estimate of drug-likeness (QED) is 0.490. The molecule has 0 N–H and O–H groups in total. The molecule has 0 bridgehead atoms. The van der Waals surface area contributed by atoms with Gasteiger partial charge < -0.3 is 18.9 Å². The minimum absolute atomic E-state index is 0.0298. The third-order valence-electron chi connectivity index (χ3n) is 6.37. The first-order chi connectivity index (χ1) is 16.0. The van der Waals surface area contributed by atoms with Crippen LogP contribution in [0.2, 0.25) is 5.02 Å². The van der Waals surface area contributed by atoms with Crippen LogP contribution in [0.15, 0.2) is 60.7 Å². The maximum absolute atomic E-state index is 13.5. The number of carbonyl (C=O) groups excluding carboxylic acids is 1. The molecule has 0 saturated carbocycles. The Morgan fingerprint density at radius 1 is 1.18 bits per heavy atom. The van der Waals surface area contributed by atoms with Crippen molar-refractivity contribution in [3.8, 4) is 11.4 Å². The molecule has 3 heterocycles. The minimum atomic E-state index is -0.0702. The van der Waals surface area contributed by atoms with Crippen LogP contribution in [0.4, 0.5) is 0 Å². The monoisotopic (exact) mass is 463 g/mol. The van der Waals surface area contributed by atoms with Crippen molar-refractivity contribution >= 4 is 23.6 Å². The van der Waals surface area contributed by atoms with Gasteiger partial charge in [0, 0.05) is 11.2 Å². The standard InChI is InChI=1S/C26H26ClN3O3/c1-17-14-29(16-28-17)23-11-6-18(12-24(23)32-2)13-25-26(31)30-21(15-33-25)4-3-5-22(30)19-7-9-20(27)10-8-19/h6-14,16,21-22H,3-5,15H2,1-2H3/t21-,22+/m1/s1. The van der Waals surface area contributed by atoms with Crippen LogP contribution in [0.3, 0.4) is 0 Å². The molecule has 0 unspecified atom stereocenters. The van der Waals surface area contributed by atoms with Crippen LogP contribution < -0.4 is 4.74 Å². The molecule has 6 nitrogen and oxygen atoms in total. The number of hydrogen-bond acceptors (Lipinski definition) is 4. The van der Waals surface area contributed by atoms with E-state index >= 15 is 0 Å². The smallest absolute Gasteiger partial charge is 0.289 e. The van der Waals surface area contributed by atoms with E-state index in [1.807, 2.05) is 65.1 Å². The fourth-order valence-electron chi connectivity index (χ4n) is 4.74. The Balaban J connectivity index is 1.44. The molecule has 170 valence electrons. The van der Waals surface area contributed by atoms with E-state index in [0.29, 0.717) is 23.1 Å². The Morgan fingerprint density at radius 2 is 2.00 bits per heavy atom. The molecule has 2 saturated heterocycles. The summed E-state index contributed by atoms with van der Waals surface area (Å²) in [5, 5.41) is 0.697. The maximum atomic E-state index is 13.5. The van der Waals surface area contributed by atoms with Gasteiger partial charge in [-0.1, -0.05) is 29.8 Å². The number of ether oxygens (including phenoxy) is 2. The van der Waals surface area contributed by atoms with E-state index in [1.54, 1.807) is 19.5 Å². The molecule has 3 aromatic rings. The predicted octanol–water partition coefficient (Wildman–Crippen LogP) is 5.34. The highest BCUT2D eigenvalue weighted by atomic mass is 35.5. The number of carbonyl (C=O) groups is 1. The molecule has 0 radical (unpaired) electrons. The molecule has 1 aromatic heterocycles. The number of methoxy groups -OCH3 is 1. The number of benzene rings is 2. The largest absolute Gasteiger partial charge is 0.495 e. The Morgan fingerprint density at radius 3 is 2.73 bits per heavy atom. The molecular formula is C26H26ClN3O3. The van der Waals surface area contributed by atoms with Crippen molar-refractivity contribution in [3.05, 3.63) is 82.6 Å². The lowest BCUT2D eigenvalue weighted by Gasteiger charge is -2.45. The molecule has 0 aliphatic carbocycles. The fourth-order valence-corrected chi connectivity index (χ4v) is 4.87. The molecule has 2 fully saturated rings. The minimum Gasteiger partial charge on any atom is -0.495 e. The first-order valence-corrected chi connectivity index (χ1v) is 11.5. The molecule has 7 heteroatoms. The molecule has 1 amide bonds. The number of amides is 1. The van der Waals surface area contributed by atoms with Crippen LogP contribution in [0.25, 0.3) is 11.8 Å². The molecule has 0 spiro atoms. The summed E-state index contributed by atoms with van der Waals surface area (Å²) in [5.41, 5.74) is 3.76. The van der Waals surface area contributed by atoms with Crippen molar-refractivity contribution in [2.75, 3.05) is 13.7 Å². The Labute approximate surface area is 198 Å². The van der Waals surface area contributed by atoms with Crippen molar-refractivity contribution < 1.29 is 14.3 Å². The lowest BCUT2D eigenvalue weighted by atomic mass is 9.90. The van der Waals surface area contributed by atoms with Crippen LogP contribution in [0.5, 0.6) is 5.75 Å².